The molecule has 0 aromatic carbocycles. The molecule has 0 atom stereocenters. The minimum absolute atomic E-state index is 0.420. The Balaban J connectivity index is 1.98. The summed E-state index contributed by atoms with van der Waals surface area (Å²) in [5.41, 5.74) is 0.420. The lowest BCUT2D eigenvalue weighted by Crippen LogP contribution is -2.57. The number of hydrogen-bond donors (Lipinski definition) is 1. The molecule has 2 nitrogen and oxygen atoms in total. The van der Waals surface area contributed by atoms with E-state index in [1.165, 1.54) is 0 Å². The van der Waals surface area contributed by atoms with E-state index in [9.17, 15) is 0 Å². The molecule has 12 heavy (non-hydrogen) atoms. The van der Waals surface area contributed by atoms with Crippen molar-refractivity contribution in [2.24, 2.45) is 5.41 Å². The normalized spacial score (nSPS) is 29.0. The Kier molecular flexibility index (Phi) is 1.85. The van der Waals surface area contributed by atoms with E-state index in [4.69, 9.17) is 23.5 Å². The van der Waals surface area contributed by atoms with E-state index in [-0.39, 0.29) is 0 Å². The van der Waals surface area contributed by atoms with Crippen molar-refractivity contribution < 1.29 is 0 Å². The van der Waals surface area contributed by atoms with Crippen molar-refractivity contribution in [3.05, 3.63) is 0 Å². The summed E-state index contributed by atoms with van der Waals surface area (Å²) in [6.45, 7) is 4.02. The molecule has 0 aliphatic carbocycles. The summed E-state index contributed by atoms with van der Waals surface area (Å²) in [4.78, 5) is 1.95. The van der Waals surface area contributed by atoms with E-state index in [0.29, 0.717) is 5.41 Å². The van der Waals surface area contributed by atoms with Gasteiger partial charge < -0.3 is 10.2 Å². The minimum atomic E-state index is -1.13. The molecule has 58 valence electrons. The van der Waals surface area contributed by atoms with Gasteiger partial charge >= 0.3 is 0 Å². The first kappa shape index (κ1) is 8.70. The molecule has 0 saturated carbocycles. The van der Waals surface area contributed by atoms with Crippen molar-refractivity contribution in [2.45, 2.75) is 11.7 Å². The van der Waals surface area contributed by atoms with Gasteiger partial charge in [-0.15, -0.1) is 0 Å². The van der Waals surface area contributed by atoms with E-state index in [1.54, 1.807) is 0 Å². The molecule has 2 aliphatic heterocycles. The van der Waals surface area contributed by atoms with Crippen LogP contribution in [0.4, 0.5) is 0 Å². The van der Waals surface area contributed by atoms with Crippen LogP contribution in [0.15, 0.2) is 0 Å². The standard InChI is InChI=1S/C7H11B3N2/c8-7(9,10)12-2-1-6(5-12)3-11-4-6/h11H,1-5H2. The van der Waals surface area contributed by atoms with E-state index >= 15 is 0 Å². The molecule has 0 unspecified atom stereocenters. The van der Waals surface area contributed by atoms with E-state index < -0.39 is 5.24 Å². The largest absolute Gasteiger partial charge is 0.322 e. The highest BCUT2D eigenvalue weighted by Crippen LogP contribution is 2.35. The van der Waals surface area contributed by atoms with E-state index in [1.807, 2.05) is 4.90 Å². The summed E-state index contributed by atoms with van der Waals surface area (Å²) < 4.78 is 0. The van der Waals surface area contributed by atoms with Crippen LogP contribution < -0.4 is 5.32 Å². The van der Waals surface area contributed by atoms with Crippen LogP contribution in [0.2, 0.25) is 0 Å². The maximum atomic E-state index is 5.60. The predicted molar refractivity (Wildman–Crippen MR) is 51.5 cm³/mol. The van der Waals surface area contributed by atoms with Gasteiger partial charge in [-0.25, -0.2) is 0 Å². The lowest BCUT2D eigenvalue weighted by atomic mass is 9.48. The van der Waals surface area contributed by atoms with Crippen LogP contribution in [0, 0.1) is 5.41 Å². The summed E-state index contributed by atoms with van der Waals surface area (Å²) in [5, 5.41) is 2.14. The van der Waals surface area contributed by atoms with Gasteiger partial charge in [-0.2, -0.15) is 0 Å². The van der Waals surface area contributed by atoms with Crippen molar-refractivity contribution in [3.63, 3.8) is 0 Å². The molecule has 0 bridgehead atoms. The average molecular weight is 156 g/mol. The monoisotopic (exact) mass is 156 g/mol. The Morgan fingerprint density at radius 1 is 1.25 bits per heavy atom. The van der Waals surface area contributed by atoms with Gasteiger partial charge in [-0.1, -0.05) is 5.24 Å². The minimum Gasteiger partial charge on any atom is -0.322 e. The second kappa shape index (κ2) is 2.55. The third-order valence-electron chi connectivity index (χ3n) is 2.99. The first-order valence-corrected chi connectivity index (χ1v) is 4.34. The maximum absolute atomic E-state index is 5.60. The molecule has 2 saturated heterocycles. The zero-order valence-electron chi connectivity index (χ0n) is 7.21. The molecule has 5 heteroatoms. The van der Waals surface area contributed by atoms with E-state index in [0.717, 1.165) is 32.6 Å². The van der Waals surface area contributed by atoms with Crippen LogP contribution in [0.3, 0.4) is 0 Å². The number of hydrogen-bond acceptors (Lipinski definition) is 2. The Hall–Kier alpha value is 0.115. The van der Waals surface area contributed by atoms with Crippen molar-refractivity contribution in [1.29, 1.82) is 0 Å². The maximum Gasteiger partial charge on any atom is 0.0698 e. The van der Waals surface area contributed by atoms with Gasteiger partial charge in [0, 0.05) is 25.0 Å². The fourth-order valence-corrected chi connectivity index (χ4v) is 2.03. The van der Waals surface area contributed by atoms with Gasteiger partial charge in [0.05, 0.1) is 23.5 Å². The molecule has 2 rings (SSSR count). The topological polar surface area (TPSA) is 15.3 Å². The van der Waals surface area contributed by atoms with Crippen LogP contribution in [0.1, 0.15) is 6.42 Å². The van der Waals surface area contributed by atoms with Crippen LogP contribution in [0.5, 0.6) is 0 Å². The van der Waals surface area contributed by atoms with Crippen LogP contribution in [-0.2, 0) is 0 Å². The number of likely N-dealkylation sites (tertiary alicyclic amines) is 1. The summed E-state index contributed by atoms with van der Waals surface area (Å²) >= 11 is 0. The van der Waals surface area contributed by atoms with Gasteiger partial charge in [0.25, 0.3) is 0 Å². The fraction of sp³-hybridized carbons (Fsp3) is 1.00. The first-order valence-electron chi connectivity index (χ1n) is 4.34. The van der Waals surface area contributed by atoms with Crippen molar-refractivity contribution in [3.8, 4) is 0 Å². The van der Waals surface area contributed by atoms with Crippen molar-refractivity contribution in [1.82, 2.24) is 10.2 Å². The van der Waals surface area contributed by atoms with Crippen molar-refractivity contribution >= 4 is 23.5 Å². The predicted octanol–water partition coefficient (Wildman–Crippen LogP) is -1.60. The SMILES string of the molecule is [B]C([B])([B])N1CCC2(CNC2)C1. The van der Waals surface area contributed by atoms with Gasteiger partial charge in [0.2, 0.25) is 0 Å². The molecule has 2 heterocycles. The molecule has 1 spiro atoms. The Labute approximate surface area is 77.7 Å². The summed E-state index contributed by atoms with van der Waals surface area (Å²) in [6, 6.07) is 0. The number of rotatable bonds is 1. The number of nitrogens with one attached hydrogen (secondary N) is 1. The molecule has 6 radical (unpaired) electrons. The first-order chi connectivity index (χ1) is 5.52. The highest BCUT2D eigenvalue weighted by Gasteiger charge is 2.44. The second-order valence-corrected chi connectivity index (χ2v) is 4.16. The highest BCUT2D eigenvalue weighted by molar-refractivity contribution is 6.59. The molecular weight excluding hydrogens is 145 g/mol. The van der Waals surface area contributed by atoms with Gasteiger partial charge in [-0.05, 0) is 13.0 Å². The zero-order valence-corrected chi connectivity index (χ0v) is 7.21. The summed E-state index contributed by atoms with van der Waals surface area (Å²) in [7, 11) is 16.8. The summed E-state index contributed by atoms with van der Waals surface area (Å²) in [5.74, 6) is 0. The molecular formula is C7H11B3N2. The quantitative estimate of drug-likeness (QED) is 0.459. The van der Waals surface area contributed by atoms with Gasteiger partial charge in [0.1, 0.15) is 0 Å². The second-order valence-electron chi connectivity index (χ2n) is 4.16. The Morgan fingerprint density at radius 3 is 2.17 bits per heavy atom. The Bertz CT molecular complexity index is 186. The molecule has 0 amide bonds. The van der Waals surface area contributed by atoms with Crippen LogP contribution in [0.25, 0.3) is 0 Å². The van der Waals surface area contributed by atoms with Gasteiger partial charge in [0.15, 0.2) is 0 Å². The lowest BCUT2D eigenvalue weighted by molar-refractivity contribution is 0.168. The van der Waals surface area contributed by atoms with Crippen LogP contribution in [-0.4, -0.2) is 59.9 Å². The molecule has 1 N–H and O–H groups in total. The molecule has 0 aromatic heterocycles. The fourth-order valence-electron chi connectivity index (χ4n) is 2.03. The number of nitrogens with zero attached hydrogens (tertiary/aromatic N) is 1. The third-order valence-corrected chi connectivity index (χ3v) is 2.99. The highest BCUT2D eigenvalue weighted by atomic mass is 15.2. The lowest BCUT2D eigenvalue weighted by Gasteiger charge is -2.41. The van der Waals surface area contributed by atoms with E-state index in [2.05, 4.69) is 5.32 Å². The Morgan fingerprint density at radius 2 is 1.92 bits per heavy atom. The average Bonchev–Trinajstić information content (AvgIpc) is 2.26. The van der Waals surface area contributed by atoms with Crippen LogP contribution >= 0.6 is 0 Å². The third kappa shape index (κ3) is 1.33. The smallest absolute Gasteiger partial charge is 0.0698 e. The molecule has 2 fully saturated rings. The molecule has 0 aromatic rings. The van der Waals surface area contributed by atoms with Gasteiger partial charge in [-0.3, -0.25) is 0 Å². The van der Waals surface area contributed by atoms with Crippen molar-refractivity contribution in [2.75, 3.05) is 26.2 Å². The zero-order chi connectivity index (χ0) is 8.82. The summed E-state index contributed by atoms with van der Waals surface area (Å²) in [6.07, 6.45) is 1.16. The molecule has 2 aliphatic rings.